The van der Waals surface area contributed by atoms with Crippen LogP contribution in [0.4, 0.5) is 0 Å². The summed E-state index contributed by atoms with van der Waals surface area (Å²) in [6, 6.07) is 4.24. The molecule has 2 aromatic heterocycles. The van der Waals surface area contributed by atoms with E-state index in [2.05, 4.69) is 55.6 Å². The van der Waals surface area contributed by atoms with Crippen LogP contribution in [0, 0.1) is 6.92 Å². The Hall–Kier alpha value is -0.190. The molecule has 0 aliphatic rings. The molecule has 0 saturated heterocycles. The molecule has 0 aliphatic heterocycles. The summed E-state index contributed by atoms with van der Waals surface area (Å²) in [5.41, 5.74) is 0. The normalized spacial score (nSPS) is 11.1. The van der Waals surface area contributed by atoms with E-state index in [9.17, 15) is 0 Å². The van der Waals surface area contributed by atoms with Gasteiger partial charge in [0.05, 0.1) is 8.79 Å². The summed E-state index contributed by atoms with van der Waals surface area (Å²) in [6.45, 7) is 3.80. The highest BCUT2D eigenvalue weighted by molar-refractivity contribution is 14.0. The maximum Gasteiger partial charge on any atom is 0.191 e. The third-order valence-electron chi connectivity index (χ3n) is 2.82. The van der Waals surface area contributed by atoms with Crippen LogP contribution in [-0.2, 0) is 12.8 Å². The van der Waals surface area contributed by atoms with Gasteiger partial charge >= 0.3 is 0 Å². The first kappa shape index (κ1) is 19.9. The highest BCUT2D eigenvalue weighted by Crippen LogP contribution is 2.21. The summed E-state index contributed by atoms with van der Waals surface area (Å²) in [4.78, 5) is 11.2. The number of aromatic nitrogens is 1. The van der Waals surface area contributed by atoms with Gasteiger partial charge in [0.15, 0.2) is 5.96 Å². The van der Waals surface area contributed by atoms with Gasteiger partial charge in [-0.15, -0.1) is 46.7 Å². The summed E-state index contributed by atoms with van der Waals surface area (Å²) >= 11 is 7.01. The molecule has 8 heteroatoms. The Morgan fingerprint density at radius 1 is 1.23 bits per heavy atom. The average Bonchev–Trinajstić information content (AvgIpc) is 3.06. The first-order chi connectivity index (χ1) is 10.2. The molecule has 2 rings (SSSR count). The van der Waals surface area contributed by atoms with Crippen molar-refractivity contribution >= 4 is 68.5 Å². The van der Waals surface area contributed by atoms with E-state index in [-0.39, 0.29) is 24.0 Å². The lowest BCUT2D eigenvalue weighted by Gasteiger charge is -2.10. The first-order valence-electron chi connectivity index (χ1n) is 6.77. The maximum absolute atomic E-state index is 4.36. The van der Waals surface area contributed by atoms with Crippen molar-refractivity contribution in [1.82, 2.24) is 15.6 Å². The summed E-state index contributed by atoms with van der Waals surface area (Å²) in [5.74, 6) is 0.846. The molecule has 0 amide bonds. The minimum absolute atomic E-state index is 0. The van der Waals surface area contributed by atoms with Crippen LogP contribution in [-0.4, -0.2) is 31.1 Å². The zero-order valence-corrected chi connectivity index (χ0v) is 18.1. The number of aliphatic imine (C=N–C) groups is 1. The number of guanidine groups is 1. The molecule has 22 heavy (non-hydrogen) atoms. The smallest absolute Gasteiger partial charge is 0.191 e. The molecule has 0 aliphatic carbocycles. The van der Waals surface area contributed by atoms with Crippen molar-refractivity contribution in [2.24, 2.45) is 4.99 Å². The second-order valence-corrected chi connectivity index (χ2v) is 8.36. The molecule has 122 valence electrons. The van der Waals surface area contributed by atoms with E-state index in [4.69, 9.17) is 0 Å². The Bertz CT molecular complexity index is 549. The van der Waals surface area contributed by atoms with Crippen molar-refractivity contribution in [3.8, 4) is 0 Å². The van der Waals surface area contributed by atoms with Gasteiger partial charge in [-0.05, 0) is 41.4 Å². The van der Waals surface area contributed by atoms with Crippen LogP contribution in [0.25, 0.3) is 0 Å². The van der Waals surface area contributed by atoms with Crippen LogP contribution >= 0.6 is 62.6 Å². The highest BCUT2D eigenvalue weighted by atomic mass is 127. The van der Waals surface area contributed by atoms with Gasteiger partial charge in [0.2, 0.25) is 0 Å². The number of nitrogens with zero attached hydrogens (tertiary/aromatic N) is 2. The lowest BCUT2D eigenvalue weighted by atomic mass is 10.3. The van der Waals surface area contributed by atoms with Crippen molar-refractivity contribution in [1.29, 1.82) is 0 Å². The predicted molar refractivity (Wildman–Crippen MR) is 111 cm³/mol. The molecule has 0 radical (unpaired) electrons. The highest BCUT2D eigenvalue weighted by Gasteiger charge is 2.02. The van der Waals surface area contributed by atoms with Gasteiger partial charge in [0.25, 0.3) is 0 Å². The predicted octanol–water partition coefficient (Wildman–Crippen LogP) is 3.84. The van der Waals surface area contributed by atoms with E-state index >= 15 is 0 Å². The summed E-state index contributed by atoms with van der Waals surface area (Å²) in [7, 11) is 1.80. The van der Waals surface area contributed by atoms with Crippen molar-refractivity contribution in [3.63, 3.8) is 0 Å². The van der Waals surface area contributed by atoms with Crippen molar-refractivity contribution in [3.05, 3.63) is 36.9 Å². The SMILES string of the molecule is CN=C(NCCc1ccc(Br)s1)NCCc1ncc(C)s1.I. The molecule has 2 heterocycles. The van der Waals surface area contributed by atoms with Gasteiger partial charge in [-0.3, -0.25) is 4.99 Å². The Labute approximate surface area is 165 Å². The Balaban J connectivity index is 0.00000242. The molecule has 0 atom stereocenters. The monoisotopic (exact) mass is 514 g/mol. The zero-order chi connectivity index (χ0) is 15.1. The van der Waals surface area contributed by atoms with Crippen LogP contribution in [0.1, 0.15) is 14.8 Å². The number of aryl methyl sites for hydroxylation is 1. The third-order valence-corrected chi connectivity index (χ3v) is 5.47. The van der Waals surface area contributed by atoms with Crippen LogP contribution in [0.5, 0.6) is 0 Å². The van der Waals surface area contributed by atoms with Gasteiger partial charge in [-0.2, -0.15) is 0 Å². The van der Waals surface area contributed by atoms with E-state index < -0.39 is 0 Å². The lowest BCUT2D eigenvalue weighted by Crippen LogP contribution is -2.39. The summed E-state index contributed by atoms with van der Waals surface area (Å²) in [6.07, 6.45) is 3.85. The van der Waals surface area contributed by atoms with Crippen LogP contribution in [0.2, 0.25) is 0 Å². The molecule has 2 N–H and O–H groups in total. The topological polar surface area (TPSA) is 49.3 Å². The maximum atomic E-state index is 4.36. The molecule has 0 fully saturated rings. The third kappa shape index (κ3) is 6.93. The van der Waals surface area contributed by atoms with Crippen LogP contribution < -0.4 is 10.6 Å². The molecule has 4 nitrogen and oxygen atoms in total. The number of hydrogen-bond acceptors (Lipinski definition) is 4. The number of nitrogens with one attached hydrogen (secondary N) is 2. The van der Waals surface area contributed by atoms with Crippen molar-refractivity contribution in [2.45, 2.75) is 19.8 Å². The largest absolute Gasteiger partial charge is 0.356 e. The van der Waals surface area contributed by atoms with Gasteiger partial charge in [0, 0.05) is 42.5 Å². The molecule has 2 aromatic rings. The fraction of sp³-hybridized carbons (Fsp3) is 0.429. The molecular weight excluding hydrogens is 495 g/mol. The summed E-state index contributed by atoms with van der Waals surface area (Å²) < 4.78 is 1.18. The standard InChI is InChI=1S/C14H19BrN4S2.HI/c1-10-9-19-13(20-10)6-8-18-14(16-2)17-7-5-11-3-4-12(15)21-11;/h3-4,9H,5-8H2,1-2H3,(H2,16,17,18);1H. The minimum atomic E-state index is 0. The van der Waals surface area contributed by atoms with Gasteiger partial charge in [0.1, 0.15) is 0 Å². The Morgan fingerprint density at radius 2 is 1.95 bits per heavy atom. The lowest BCUT2D eigenvalue weighted by molar-refractivity contribution is 0.785. The van der Waals surface area contributed by atoms with Gasteiger partial charge in [-0.1, -0.05) is 0 Å². The first-order valence-corrected chi connectivity index (χ1v) is 9.20. The van der Waals surface area contributed by atoms with E-state index in [0.29, 0.717) is 0 Å². The molecule has 0 aromatic carbocycles. The average molecular weight is 515 g/mol. The molecule has 0 unspecified atom stereocenters. The quantitative estimate of drug-likeness (QED) is 0.350. The minimum Gasteiger partial charge on any atom is -0.356 e. The van der Waals surface area contributed by atoms with E-state index in [1.165, 1.54) is 18.5 Å². The molecule has 0 bridgehead atoms. The van der Waals surface area contributed by atoms with Crippen LogP contribution in [0.3, 0.4) is 0 Å². The van der Waals surface area contributed by atoms with Gasteiger partial charge < -0.3 is 10.6 Å². The number of hydrogen-bond donors (Lipinski definition) is 2. The fourth-order valence-electron chi connectivity index (χ4n) is 1.82. The van der Waals surface area contributed by atoms with E-state index in [0.717, 1.165) is 31.9 Å². The van der Waals surface area contributed by atoms with Crippen molar-refractivity contribution < 1.29 is 0 Å². The second-order valence-electron chi connectivity index (χ2n) is 4.50. The van der Waals surface area contributed by atoms with E-state index in [1.807, 2.05) is 6.20 Å². The number of thiazole rings is 1. The second kappa shape index (κ2) is 10.6. The Kier molecular flexibility index (Phi) is 9.53. The Morgan fingerprint density at radius 3 is 2.50 bits per heavy atom. The van der Waals surface area contributed by atoms with Crippen LogP contribution in [0.15, 0.2) is 27.1 Å². The fourth-order valence-corrected chi connectivity index (χ4v) is 4.08. The molecular formula is C14H20BrIN4S2. The number of halogens is 2. The number of thiophene rings is 1. The zero-order valence-electron chi connectivity index (χ0n) is 12.6. The number of rotatable bonds is 6. The molecule has 0 spiro atoms. The van der Waals surface area contributed by atoms with Crippen molar-refractivity contribution in [2.75, 3.05) is 20.1 Å². The van der Waals surface area contributed by atoms with Gasteiger partial charge in [-0.25, -0.2) is 4.98 Å². The van der Waals surface area contributed by atoms with E-state index in [1.54, 1.807) is 29.7 Å². The summed E-state index contributed by atoms with van der Waals surface area (Å²) in [5, 5.41) is 7.82. The molecule has 0 saturated carbocycles.